The summed E-state index contributed by atoms with van der Waals surface area (Å²) in [5, 5.41) is 7.31. The van der Waals surface area contributed by atoms with Gasteiger partial charge in [0, 0.05) is 30.9 Å². The fourth-order valence-electron chi connectivity index (χ4n) is 4.57. The van der Waals surface area contributed by atoms with E-state index in [1.165, 1.54) is 10.4 Å². The molecule has 172 valence electrons. The molecule has 5 rings (SSSR count). The van der Waals surface area contributed by atoms with Crippen LogP contribution in [0.25, 0.3) is 5.69 Å². The number of nitrogens with one attached hydrogen (secondary N) is 1. The molecule has 0 radical (unpaired) electrons. The minimum absolute atomic E-state index is 0.240. The predicted molar refractivity (Wildman–Crippen MR) is 121 cm³/mol. The summed E-state index contributed by atoms with van der Waals surface area (Å²) in [5.74, 6) is -0.706. The van der Waals surface area contributed by atoms with Gasteiger partial charge in [-0.1, -0.05) is 24.3 Å². The minimum atomic E-state index is -3.46. The lowest BCUT2D eigenvalue weighted by atomic mass is 10.2. The van der Waals surface area contributed by atoms with Crippen LogP contribution in [0.3, 0.4) is 0 Å². The van der Waals surface area contributed by atoms with Crippen LogP contribution in [0.5, 0.6) is 0 Å². The Morgan fingerprint density at radius 1 is 1.00 bits per heavy atom. The number of hydrogen-bond acceptors (Lipinski definition) is 4. The monoisotopic (exact) mass is 468 g/mol. The number of halogens is 1. The lowest BCUT2D eigenvalue weighted by molar-refractivity contribution is 0.0944. The molecular weight excluding hydrogens is 443 g/mol. The zero-order valence-corrected chi connectivity index (χ0v) is 18.9. The van der Waals surface area contributed by atoms with Crippen LogP contribution in [0, 0.1) is 5.82 Å². The highest BCUT2D eigenvalue weighted by atomic mass is 32.2. The molecule has 1 aliphatic heterocycles. The highest BCUT2D eigenvalue weighted by Crippen LogP contribution is 2.29. The lowest BCUT2D eigenvalue weighted by Gasteiger charge is -2.15. The molecule has 1 N–H and O–H groups in total. The Morgan fingerprint density at radius 2 is 1.73 bits per heavy atom. The van der Waals surface area contributed by atoms with E-state index in [1.54, 1.807) is 47.1 Å². The van der Waals surface area contributed by atoms with Gasteiger partial charge in [-0.3, -0.25) is 4.79 Å². The van der Waals surface area contributed by atoms with Crippen molar-refractivity contribution in [2.75, 3.05) is 13.1 Å². The summed E-state index contributed by atoms with van der Waals surface area (Å²) in [6, 6.07) is 13.0. The lowest BCUT2D eigenvalue weighted by Crippen LogP contribution is -2.28. The van der Waals surface area contributed by atoms with Crippen molar-refractivity contribution in [3.63, 3.8) is 0 Å². The number of nitrogens with zero attached hydrogens (tertiary/aromatic N) is 3. The van der Waals surface area contributed by atoms with E-state index in [0.717, 1.165) is 48.9 Å². The van der Waals surface area contributed by atoms with E-state index in [4.69, 9.17) is 0 Å². The third kappa shape index (κ3) is 4.06. The van der Waals surface area contributed by atoms with Crippen LogP contribution in [-0.2, 0) is 29.4 Å². The summed E-state index contributed by atoms with van der Waals surface area (Å²) in [5.41, 5.74) is 3.18. The molecule has 9 heteroatoms. The van der Waals surface area contributed by atoms with E-state index in [1.807, 2.05) is 0 Å². The standard InChI is InChI=1S/C24H25FN4O3S/c25-20-7-1-2-8-22(20)29-21-9-5-6-19(21)23(27-29)24(30)26-16-17-10-12-18(13-11-17)33(31,32)28-14-3-4-15-28/h1-2,7-8,10-13H,3-6,9,14-16H2,(H,26,30). The largest absolute Gasteiger partial charge is 0.347 e. The summed E-state index contributed by atoms with van der Waals surface area (Å²) in [4.78, 5) is 13.2. The van der Waals surface area contributed by atoms with Crippen molar-refractivity contribution in [1.29, 1.82) is 0 Å². The van der Waals surface area contributed by atoms with Crippen LogP contribution in [0.4, 0.5) is 4.39 Å². The highest BCUT2D eigenvalue weighted by molar-refractivity contribution is 7.89. The number of carbonyl (C=O) groups is 1. The second kappa shape index (κ2) is 8.72. The molecule has 0 unspecified atom stereocenters. The first-order chi connectivity index (χ1) is 15.9. The summed E-state index contributed by atoms with van der Waals surface area (Å²) >= 11 is 0. The average Bonchev–Trinajstić information content (AvgIpc) is 3.57. The summed E-state index contributed by atoms with van der Waals surface area (Å²) in [6.07, 6.45) is 4.15. The van der Waals surface area contributed by atoms with Crippen molar-refractivity contribution in [3.05, 3.63) is 76.9 Å². The number of carbonyl (C=O) groups excluding carboxylic acids is 1. The zero-order valence-electron chi connectivity index (χ0n) is 18.1. The Morgan fingerprint density at radius 3 is 2.45 bits per heavy atom. The fourth-order valence-corrected chi connectivity index (χ4v) is 6.08. The van der Waals surface area contributed by atoms with E-state index < -0.39 is 10.0 Å². The molecule has 33 heavy (non-hydrogen) atoms. The molecule has 2 aliphatic rings. The molecule has 3 aromatic rings. The molecule has 1 saturated heterocycles. The number of fused-ring (bicyclic) bond motifs is 1. The van der Waals surface area contributed by atoms with Crippen LogP contribution in [0.2, 0.25) is 0 Å². The molecule has 2 heterocycles. The van der Waals surface area contributed by atoms with Gasteiger partial charge in [0.05, 0.1) is 4.90 Å². The smallest absolute Gasteiger partial charge is 0.272 e. The third-order valence-corrected chi connectivity index (χ3v) is 8.22. The maximum Gasteiger partial charge on any atom is 0.272 e. The minimum Gasteiger partial charge on any atom is -0.347 e. The van der Waals surface area contributed by atoms with Crippen LogP contribution < -0.4 is 5.32 Å². The maximum absolute atomic E-state index is 14.3. The van der Waals surface area contributed by atoms with E-state index in [2.05, 4.69) is 10.4 Å². The van der Waals surface area contributed by atoms with Gasteiger partial charge in [-0.15, -0.1) is 0 Å². The van der Waals surface area contributed by atoms with Crippen molar-refractivity contribution in [3.8, 4) is 5.69 Å². The van der Waals surface area contributed by atoms with Crippen molar-refractivity contribution in [2.45, 2.75) is 43.5 Å². The quantitative estimate of drug-likeness (QED) is 0.602. The van der Waals surface area contributed by atoms with Gasteiger partial charge in [0.25, 0.3) is 5.91 Å². The number of hydrogen-bond donors (Lipinski definition) is 1. The van der Waals surface area contributed by atoms with Gasteiger partial charge in [-0.25, -0.2) is 17.5 Å². The molecule has 0 saturated carbocycles. The van der Waals surface area contributed by atoms with Gasteiger partial charge in [0.2, 0.25) is 10.0 Å². The first-order valence-corrected chi connectivity index (χ1v) is 12.6. The van der Waals surface area contributed by atoms with Crippen molar-refractivity contribution in [2.24, 2.45) is 0 Å². The number of para-hydroxylation sites is 1. The molecular formula is C24H25FN4O3S. The third-order valence-electron chi connectivity index (χ3n) is 6.31. The van der Waals surface area contributed by atoms with E-state index in [-0.39, 0.29) is 23.2 Å². The molecule has 1 aromatic heterocycles. The Kier molecular flexibility index (Phi) is 5.76. The van der Waals surface area contributed by atoms with E-state index >= 15 is 0 Å². The number of amides is 1. The molecule has 0 atom stereocenters. The Balaban J connectivity index is 1.31. The van der Waals surface area contributed by atoms with Crippen LogP contribution in [0.15, 0.2) is 53.4 Å². The number of aromatic nitrogens is 2. The normalized spacial score (nSPS) is 16.2. The van der Waals surface area contributed by atoms with Gasteiger partial charge in [-0.05, 0) is 61.9 Å². The highest BCUT2D eigenvalue weighted by Gasteiger charge is 2.28. The van der Waals surface area contributed by atoms with Crippen LogP contribution in [0.1, 0.15) is 46.6 Å². The molecule has 1 fully saturated rings. The molecule has 7 nitrogen and oxygen atoms in total. The Bertz CT molecular complexity index is 1300. The van der Waals surface area contributed by atoms with Crippen LogP contribution in [-0.4, -0.2) is 41.5 Å². The summed E-state index contributed by atoms with van der Waals surface area (Å²) in [6.45, 7) is 1.36. The molecule has 1 amide bonds. The Labute approximate surface area is 192 Å². The van der Waals surface area contributed by atoms with E-state index in [0.29, 0.717) is 24.5 Å². The fraction of sp³-hybridized carbons (Fsp3) is 0.333. The van der Waals surface area contributed by atoms with Gasteiger partial charge < -0.3 is 5.32 Å². The topological polar surface area (TPSA) is 84.3 Å². The van der Waals surface area contributed by atoms with Gasteiger partial charge in [0.1, 0.15) is 11.5 Å². The van der Waals surface area contributed by atoms with Gasteiger partial charge in [0.15, 0.2) is 5.69 Å². The van der Waals surface area contributed by atoms with Gasteiger partial charge in [-0.2, -0.15) is 9.40 Å². The van der Waals surface area contributed by atoms with Crippen LogP contribution >= 0.6 is 0 Å². The molecule has 2 aromatic carbocycles. The maximum atomic E-state index is 14.3. The molecule has 0 bridgehead atoms. The second-order valence-electron chi connectivity index (χ2n) is 8.43. The number of benzene rings is 2. The Hall–Kier alpha value is -3.04. The molecule has 0 spiro atoms. The zero-order chi connectivity index (χ0) is 23.0. The van der Waals surface area contributed by atoms with E-state index in [9.17, 15) is 17.6 Å². The van der Waals surface area contributed by atoms with Crippen molar-refractivity contribution >= 4 is 15.9 Å². The number of rotatable bonds is 6. The second-order valence-corrected chi connectivity index (χ2v) is 10.4. The first-order valence-electron chi connectivity index (χ1n) is 11.2. The summed E-state index contributed by atoms with van der Waals surface area (Å²) in [7, 11) is -3.46. The molecule has 1 aliphatic carbocycles. The SMILES string of the molecule is O=C(NCc1ccc(S(=O)(=O)N2CCCC2)cc1)c1nn(-c2ccccc2F)c2c1CCC2. The average molecular weight is 469 g/mol. The van der Waals surface area contributed by atoms with Crippen molar-refractivity contribution in [1.82, 2.24) is 19.4 Å². The first kappa shape index (κ1) is 21.8. The predicted octanol–water partition coefficient (Wildman–Crippen LogP) is 3.21. The summed E-state index contributed by atoms with van der Waals surface area (Å²) < 4.78 is 42.7. The van der Waals surface area contributed by atoms with Gasteiger partial charge >= 0.3 is 0 Å². The van der Waals surface area contributed by atoms with Crippen molar-refractivity contribution < 1.29 is 17.6 Å². The number of sulfonamides is 1.